The molecule has 3 N–H and O–H groups in total. The minimum atomic E-state index is -3.49. The Bertz CT molecular complexity index is 552. The Balaban J connectivity index is 1.96. The van der Waals surface area contributed by atoms with Crippen LogP contribution in [-0.4, -0.2) is 27.7 Å². The predicted octanol–water partition coefficient (Wildman–Crippen LogP) is 1.68. The van der Waals surface area contributed by atoms with E-state index in [1.165, 1.54) is 6.07 Å². The van der Waals surface area contributed by atoms with Crippen LogP contribution in [0, 0.1) is 0 Å². The van der Waals surface area contributed by atoms with E-state index in [2.05, 4.69) is 4.72 Å². The van der Waals surface area contributed by atoms with Crippen molar-refractivity contribution in [3.63, 3.8) is 0 Å². The van der Waals surface area contributed by atoms with Crippen molar-refractivity contribution >= 4 is 15.7 Å². The average Bonchev–Trinajstić information content (AvgIpc) is 2.91. The molecule has 1 atom stereocenters. The summed E-state index contributed by atoms with van der Waals surface area (Å²) in [6.45, 7) is 3.16. The van der Waals surface area contributed by atoms with Gasteiger partial charge in [-0.25, -0.2) is 13.1 Å². The fraction of sp³-hybridized carbons (Fsp3) is 0.571. The summed E-state index contributed by atoms with van der Waals surface area (Å²) < 4.78 is 32.4. The quantitative estimate of drug-likeness (QED) is 0.783. The summed E-state index contributed by atoms with van der Waals surface area (Å²) in [4.78, 5) is 0.222. The number of rotatable bonds is 6. The molecular formula is C14H22N2O3S. The van der Waals surface area contributed by atoms with E-state index >= 15 is 0 Å². The normalized spacial score (nSPS) is 19.4. The molecular weight excluding hydrogens is 276 g/mol. The van der Waals surface area contributed by atoms with Crippen molar-refractivity contribution < 1.29 is 13.2 Å². The highest BCUT2D eigenvalue weighted by Crippen LogP contribution is 2.19. The average molecular weight is 298 g/mol. The lowest BCUT2D eigenvalue weighted by molar-refractivity contribution is 0.105. The van der Waals surface area contributed by atoms with Crippen molar-refractivity contribution in [2.24, 2.45) is 0 Å². The summed E-state index contributed by atoms with van der Waals surface area (Å²) in [5, 5.41) is 0. The fourth-order valence-corrected chi connectivity index (χ4v) is 3.45. The van der Waals surface area contributed by atoms with Gasteiger partial charge in [0.2, 0.25) is 10.0 Å². The number of nitrogens with one attached hydrogen (secondary N) is 1. The first-order valence-electron chi connectivity index (χ1n) is 7.02. The van der Waals surface area contributed by atoms with Crippen LogP contribution >= 0.6 is 0 Å². The van der Waals surface area contributed by atoms with Gasteiger partial charge in [-0.1, -0.05) is 13.0 Å². The Hall–Kier alpha value is -1.11. The molecule has 1 unspecified atom stereocenters. The van der Waals surface area contributed by atoms with E-state index in [0.717, 1.165) is 31.4 Å². The van der Waals surface area contributed by atoms with Crippen molar-refractivity contribution in [1.29, 1.82) is 0 Å². The Morgan fingerprint density at radius 2 is 2.25 bits per heavy atom. The lowest BCUT2D eigenvalue weighted by Crippen LogP contribution is -2.27. The highest BCUT2D eigenvalue weighted by molar-refractivity contribution is 7.89. The van der Waals surface area contributed by atoms with E-state index < -0.39 is 10.0 Å². The number of nitrogens with two attached hydrogens (primary N) is 1. The molecule has 1 aliphatic rings. The molecule has 112 valence electrons. The Labute approximate surface area is 120 Å². The van der Waals surface area contributed by atoms with Gasteiger partial charge in [0.1, 0.15) is 0 Å². The maximum Gasteiger partial charge on any atom is 0.240 e. The van der Waals surface area contributed by atoms with Gasteiger partial charge in [0, 0.05) is 18.8 Å². The van der Waals surface area contributed by atoms with Crippen LogP contribution in [0.25, 0.3) is 0 Å². The summed E-state index contributed by atoms with van der Waals surface area (Å²) in [7, 11) is -3.49. The van der Waals surface area contributed by atoms with Crippen molar-refractivity contribution in [2.45, 2.75) is 43.6 Å². The predicted molar refractivity (Wildman–Crippen MR) is 79.0 cm³/mol. The summed E-state index contributed by atoms with van der Waals surface area (Å²) in [6, 6.07) is 4.89. The first-order chi connectivity index (χ1) is 9.53. The molecule has 1 fully saturated rings. The van der Waals surface area contributed by atoms with Crippen LogP contribution in [0.4, 0.5) is 5.69 Å². The molecule has 0 saturated carbocycles. The SMILES string of the molecule is CCc1ccc(S(=O)(=O)NCCC2CCCO2)cc1N. The van der Waals surface area contributed by atoms with Gasteiger partial charge >= 0.3 is 0 Å². The van der Waals surface area contributed by atoms with Gasteiger partial charge < -0.3 is 10.5 Å². The monoisotopic (exact) mass is 298 g/mol. The first kappa shape index (κ1) is 15.3. The molecule has 20 heavy (non-hydrogen) atoms. The summed E-state index contributed by atoms with van der Waals surface area (Å²) in [5.74, 6) is 0. The number of benzene rings is 1. The van der Waals surface area contributed by atoms with Gasteiger partial charge in [-0.3, -0.25) is 0 Å². The number of ether oxygens (including phenoxy) is 1. The molecule has 1 aromatic rings. The number of sulfonamides is 1. The van der Waals surface area contributed by atoms with Crippen molar-refractivity contribution in [2.75, 3.05) is 18.9 Å². The van der Waals surface area contributed by atoms with Crippen LogP contribution < -0.4 is 10.5 Å². The van der Waals surface area contributed by atoms with E-state index in [4.69, 9.17) is 10.5 Å². The van der Waals surface area contributed by atoms with Crippen molar-refractivity contribution in [3.8, 4) is 0 Å². The van der Waals surface area contributed by atoms with Gasteiger partial charge in [0.25, 0.3) is 0 Å². The fourth-order valence-electron chi connectivity index (χ4n) is 2.37. The zero-order valence-corrected chi connectivity index (χ0v) is 12.6. The van der Waals surface area contributed by atoms with E-state index in [1.54, 1.807) is 12.1 Å². The lowest BCUT2D eigenvalue weighted by Gasteiger charge is -2.11. The topological polar surface area (TPSA) is 81.4 Å². The molecule has 0 aliphatic carbocycles. The summed E-state index contributed by atoms with van der Waals surface area (Å²) >= 11 is 0. The third kappa shape index (κ3) is 3.71. The summed E-state index contributed by atoms with van der Waals surface area (Å²) in [6.07, 6.45) is 3.76. The highest BCUT2D eigenvalue weighted by atomic mass is 32.2. The molecule has 2 rings (SSSR count). The minimum absolute atomic E-state index is 0.185. The van der Waals surface area contributed by atoms with Crippen LogP contribution in [-0.2, 0) is 21.2 Å². The molecule has 1 aromatic carbocycles. The number of anilines is 1. The minimum Gasteiger partial charge on any atom is -0.398 e. The van der Waals surface area contributed by atoms with E-state index in [0.29, 0.717) is 18.7 Å². The van der Waals surface area contributed by atoms with Gasteiger partial charge in [0.05, 0.1) is 11.0 Å². The second kappa shape index (κ2) is 6.56. The molecule has 1 heterocycles. The maximum absolute atomic E-state index is 12.2. The second-order valence-corrected chi connectivity index (χ2v) is 6.80. The Kier molecular flexibility index (Phi) is 5.01. The molecule has 0 aromatic heterocycles. The Morgan fingerprint density at radius 1 is 1.45 bits per heavy atom. The summed E-state index contributed by atoms with van der Waals surface area (Å²) in [5.41, 5.74) is 7.33. The van der Waals surface area contributed by atoms with Gasteiger partial charge in [-0.05, 0) is 43.4 Å². The number of hydrogen-bond donors (Lipinski definition) is 2. The third-order valence-electron chi connectivity index (χ3n) is 3.59. The number of aryl methyl sites for hydroxylation is 1. The van der Waals surface area contributed by atoms with Crippen LogP contribution in [0.5, 0.6) is 0 Å². The van der Waals surface area contributed by atoms with E-state index in [1.807, 2.05) is 6.92 Å². The van der Waals surface area contributed by atoms with Gasteiger partial charge in [-0.2, -0.15) is 0 Å². The zero-order valence-electron chi connectivity index (χ0n) is 11.8. The molecule has 1 aliphatic heterocycles. The molecule has 0 bridgehead atoms. The molecule has 0 amide bonds. The van der Waals surface area contributed by atoms with Crippen LogP contribution in [0.3, 0.4) is 0 Å². The van der Waals surface area contributed by atoms with Crippen LogP contribution in [0.2, 0.25) is 0 Å². The largest absolute Gasteiger partial charge is 0.398 e. The lowest BCUT2D eigenvalue weighted by atomic mass is 10.1. The van der Waals surface area contributed by atoms with Gasteiger partial charge in [-0.15, -0.1) is 0 Å². The molecule has 6 heteroatoms. The molecule has 1 saturated heterocycles. The number of hydrogen-bond acceptors (Lipinski definition) is 4. The highest BCUT2D eigenvalue weighted by Gasteiger charge is 2.18. The maximum atomic E-state index is 12.2. The number of nitrogen functional groups attached to an aromatic ring is 1. The molecule has 0 spiro atoms. The first-order valence-corrected chi connectivity index (χ1v) is 8.51. The zero-order chi connectivity index (χ0) is 14.6. The second-order valence-electron chi connectivity index (χ2n) is 5.04. The van der Waals surface area contributed by atoms with Crippen molar-refractivity contribution in [3.05, 3.63) is 23.8 Å². The van der Waals surface area contributed by atoms with E-state index in [9.17, 15) is 8.42 Å². The van der Waals surface area contributed by atoms with Crippen LogP contribution in [0.15, 0.2) is 23.1 Å². The smallest absolute Gasteiger partial charge is 0.240 e. The van der Waals surface area contributed by atoms with Crippen molar-refractivity contribution in [1.82, 2.24) is 4.72 Å². The third-order valence-corrected chi connectivity index (χ3v) is 5.05. The Morgan fingerprint density at radius 3 is 2.85 bits per heavy atom. The molecule has 0 radical (unpaired) electrons. The molecule has 5 nitrogen and oxygen atoms in total. The van der Waals surface area contributed by atoms with Crippen LogP contribution in [0.1, 0.15) is 31.7 Å². The van der Waals surface area contributed by atoms with Gasteiger partial charge in [0.15, 0.2) is 0 Å². The standard InChI is InChI=1S/C14H22N2O3S/c1-2-11-5-6-13(10-14(11)15)20(17,18)16-8-7-12-4-3-9-19-12/h5-6,10,12,16H,2-4,7-9,15H2,1H3. The van der Waals surface area contributed by atoms with E-state index in [-0.39, 0.29) is 11.0 Å².